The lowest BCUT2D eigenvalue weighted by Crippen LogP contribution is -2.54. The van der Waals surface area contributed by atoms with Crippen LogP contribution >= 0.6 is 0 Å². The Balaban J connectivity index is 0.000000631. The molecule has 5 nitrogen and oxygen atoms in total. The molecule has 6 heteroatoms. The standard InChI is InChI=1S/C10H22O3Si.C2H8N2/c1-5-7-10(2)8-6-9-14(11-3,12-4)13-10;3-1-2-4/h5-9H2,1-4H3;1-4H2. The van der Waals surface area contributed by atoms with E-state index in [1.807, 2.05) is 0 Å². The van der Waals surface area contributed by atoms with E-state index in [0.717, 1.165) is 31.7 Å². The minimum Gasteiger partial charge on any atom is -0.377 e. The third-order valence-electron chi connectivity index (χ3n) is 3.16. The maximum absolute atomic E-state index is 6.09. The van der Waals surface area contributed by atoms with Crippen LogP contribution in [0.2, 0.25) is 6.04 Å². The van der Waals surface area contributed by atoms with Crippen LogP contribution in [0.15, 0.2) is 0 Å². The Kier molecular flexibility index (Phi) is 9.01. The molecule has 4 N–H and O–H groups in total. The van der Waals surface area contributed by atoms with E-state index in [1.54, 1.807) is 14.2 Å². The van der Waals surface area contributed by atoms with Crippen molar-refractivity contribution < 1.29 is 13.3 Å². The van der Waals surface area contributed by atoms with Gasteiger partial charge in [0.2, 0.25) is 0 Å². The fraction of sp³-hybridized carbons (Fsp3) is 1.00. The molecular formula is C12H30N2O3Si. The second-order valence-corrected chi connectivity index (χ2v) is 7.71. The minimum absolute atomic E-state index is 0.0226. The van der Waals surface area contributed by atoms with E-state index in [-0.39, 0.29) is 5.60 Å². The second-order valence-electron chi connectivity index (χ2n) is 4.82. The van der Waals surface area contributed by atoms with Gasteiger partial charge in [-0.3, -0.25) is 0 Å². The Morgan fingerprint density at radius 3 is 2.17 bits per heavy atom. The highest BCUT2D eigenvalue weighted by Gasteiger charge is 2.48. The van der Waals surface area contributed by atoms with Gasteiger partial charge in [-0.2, -0.15) is 0 Å². The third-order valence-corrected chi connectivity index (χ3v) is 6.17. The molecule has 0 aromatic heterocycles. The van der Waals surface area contributed by atoms with Gasteiger partial charge in [0.1, 0.15) is 0 Å². The van der Waals surface area contributed by atoms with Crippen LogP contribution in [-0.2, 0) is 13.3 Å². The van der Waals surface area contributed by atoms with Crippen molar-refractivity contribution in [3.05, 3.63) is 0 Å². The lowest BCUT2D eigenvalue weighted by Gasteiger charge is -2.42. The molecule has 1 unspecified atom stereocenters. The predicted octanol–water partition coefficient (Wildman–Crippen LogP) is 1.49. The molecular weight excluding hydrogens is 248 g/mol. The summed E-state index contributed by atoms with van der Waals surface area (Å²) in [5, 5.41) is 0. The molecule has 18 heavy (non-hydrogen) atoms. The van der Waals surface area contributed by atoms with Crippen LogP contribution in [0.1, 0.15) is 39.5 Å². The first-order valence-corrected chi connectivity index (χ1v) is 8.65. The highest BCUT2D eigenvalue weighted by molar-refractivity contribution is 6.60. The molecule has 0 aromatic carbocycles. The average molecular weight is 278 g/mol. The Morgan fingerprint density at radius 1 is 1.22 bits per heavy atom. The summed E-state index contributed by atoms with van der Waals surface area (Å²) in [6.45, 7) is 5.56. The molecule has 0 aliphatic carbocycles. The largest absolute Gasteiger partial charge is 0.500 e. The minimum atomic E-state index is -2.30. The van der Waals surface area contributed by atoms with Crippen LogP contribution in [0.5, 0.6) is 0 Å². The van der Waals surface area contributed by atoms with Crippen LogP contribution in [0.3, 0.4) is 0 Å². The van der Waals surface area contributed by atoms with Crippen LogP contribution in [0, 0.1) is 0 Å². The number of rotatable bonds is 5. The zero-order valence-electron chi connectivity index (χ0n) is 12.3. The lowest BCUT2D eigenvalue weighted by molar-refractivity contribution is -0.0341. The molecule has 1 aliphatic heterocycles. The fourth-order valence-corrected chi connectivity index (χ4v) is 4.64. The Bertz CT molecular complexity index is 209. The van der Waals surface area contributed by atoms with Gasteiger partial charge in [-0.25, -0.2) is 0 Å². The zero-order valence-corrected chi connectivity index (χ0v) is 13.3. The third kappa shape index (κ3) is 5.77. The molecule has 0 radical (unpaired) electrons. The van der Waals surface area contributed by atoms with Crippen LogP contribution in [-0.4, -0.2) is 41.7 Å². The molecule has 1 saturated heterocycles. The summed E-state index contributed by atoms with van der Waals surface area (Å²) < 4.78 is 17.0. The van der Waals surface area contributed by atoms with Gasteiger partial charge >= 0.3 is 8.80 Å². The van der Waals surface area contributed by atoms with Crippen molar-refractivity contribution >= 4 is 8.80 Å². The van der Waals surface area contributed by atoms with Crippen molar-refractivity contribution in [2.45, 2.75) is 51.2 Å². The average Bonchev–Trinajstić information content (AvgIpc) is 2.39. The van der Waals surface area contributed by atoms with E-state index < -0.39 is 8.80 Å². The van der Waals surface area contributed by atoms with E-state index in [4.69, 9.17) is 24.7 Å². The van der Waals surface area contributed by atoms with Crippen molar-refractivity contribution in [2.24, 2.45) is 11.5 Å². The number of hydrogen-bond acceptors (Lipinski definition) is 5. The van der Waals surface area contributed by atoms with Gasteiger partial charge in [0.05, 0.1) is 5.60 Å². The first-order valence-electron chi connectivity index (χ1n) is 6.72. The molecule has 1 fully saturated rings. The summed E-state index contributed by atoms with van der Waals surface area (Å²) >= 11 is 0. The molecule has 0 aromatic rings. The van der Waals surface area contributed by atoms with Gasteiger partial charge < -0.3 is 24.7 Å². The van der Waals surface area contributed by atoms with E-state index >= 15 is 0 Å². The van der Waals surface area contributed by atoms with Crippen LogP contribution in [0.4, 0.5) is 0 Å². The summed E-state index contributed by atoms with van der Waals surface area (Å²) in [7, 11) is 1.10. The highest BCUT2D eigenvalue weighted by atomic mass is 28.4. The maximum Gasteiger partial charge on any atom is 0.500 e. The molecule has 1 atom stereocenters. The van der Waals surface area contributed by atoms with Gasteiger partial charge in [-0.1, -0.05) is 13.3 Å². The molecule has 0 amide bonds. The SMILES string of the molecule is CCCC1(C)CCC[Si](OC)(OC)O1.NCCN. The maximum atomic E-state index is 6.09. The first kappa shape index (κ1) is 18.0. The van der Waals surface area contributed by atoms with E-state index in [9.17, 15) is 0 Å². The van der Waals surface area contributed by atoms with E-state index in [0.29, 0.717) is 13.1 Å². The van der Waals surface area contributed by atoms with Crippen LogP contribution in [0.25, 0.3) is 0 Å². The Labute approximate surface area is 113 Å². The van der Waals surface area contributed by atoms with E-state index in [1.165, 1.54) is 0 Å². The molecule has 0 spiro atoms. The molecule has 1 rings (SSSR count). The second kappa shape index (κ2) is 9.01. The Hall–Kier alpha value is 0.0169. The monoisotopic (exact) mass is 278 g/mol. The van der Waals surface area contributed by atoms with Gasteiger partial charge in [-0.05, 0) is 26.2 Å². The topological polar surface area (TPSA) is 79.7 Å². The number of hydrogen-bond donors (Lipinski definition) is 2. The summed E-state index contributed by atoms with van der Waals surface area (Å²) in [6.07, 6.45) is 4.52. The van der Waals surface area contributed by atoms with Crippen molar-refractivity contribution in [1.29, 1.82) is 0 Å². The molecule has 0 saturated carbocycles. The van der Waals surface area contributed by atoms with Crippen LogP contribution < -0.4 is 11.5 Å². The van der Waals surface area contributed by atoms with Gasteiger partial charge in [0.15, 0.2) is 0 Å². The summed E-state index contributed by atoms with van der Waals surface area (Å²) in [5.74, 6) is 0. The summed E-state index contributed by atoms with van der Waals surface area (Å²) in [5.41, 5.74) is 9.78. The zero-order chi connectivity index (χ0) is 14.1. The lowest BCUT2D eigenvalue weighted by atomic mass is 9.95. The van der Waals surface area contributed by atoms with Crippen molar-refractivity contribution in [3.63, 3.8) is 0 Å². The molecule has 0 bridgehead atoms. The molecule has 110 valence electrons. The van der Waals surface area contributed by atoms with E-state index in [2.05, 4.69) is 13.8 Å². The Morgan fingerprint density at radius 2 is 1.78 bits per heavy atom. The summed E-state index contributed by atoms with van der Waals surface area (Å²) in [6, 6.07) is 0.958. The van der Waals surface area contributed by atoms with Gasteiger partial charge in [0.25, 0.3) is 0 Å². The molecule has 1 aliphatic rings. The molecule has 1 heterocycles. The van der Waals surface area contributed by atoms with Gasteiger partial charge in [-0.15, -0.1) is 0 Å². The summed E-state index contributed by atoms with van der Waals surface area (Å²) in [4.78, 5) is 0. The predicted molar refractivity (Wildman–Crippen MR) is 76.3 cm³/mol. The van der Waals surface area contributed by atoms with Crippen molar-refractivity contribution in [2.75, 3.05) is 27.3 Å². The normalized spacial score (nSPS) is 26.3. The fourth-order valence-electron chi connectivity index (χ4n) is 2.23. The smallest absolute Gasteiger partial charge is 0.377 e. The van der Waals surface area contributed by atoms with Crippen molar-refractivity contribution in [3.8, 4) is 0 Å². The van der Waals surface area contributed by atoms with Crippen molar-refractivity contribution in [1.82, 2.24) is 0 Å². The number of nitrogens with two attached hydrogens (primary N) is 2. The quantitative estimate of drug-likeness (QED) is 0.745. The first-order chi connectivity index (χ1) is 8.51. The van der Waals surface area contributed by atoms with Gasteiger partial charge in [0, 0.05) is 33.4 Å². The highest BCUT2D eigenvalue weighted by Crippen LogP contribution is 2.36.